The van der Waals surface area contributed by atoms with Gasteiger partial charge in [0.05, 0.1) is 12.1 Å². The van der Waals surface area contributed by atoms with Crippen molar-refractivity contribution in [2.24, 2.45) is 0 Å². The smallest absolute Gasteiger partial charge is 0.228 e. The Balaban J connectivity index is 1.38. The van der Waals surface area contributed by atoms with E-state index in [1.807, 2.05) is 40.1 Å². The lowest BCUT2D eigenvalue weighted by molar-refractivity contribution is -0.130. The number of rotatable bonds is 4. The van der Waals surface area contributed by atoms with Gasteiger partial charge in [-0.3, -0.25) is 9.20 Å². The summed E-state index contributed by atoms with van der Waals surface area (Å²) in [5, 5.41) is 1.99. The third kappa shape index (κ3) is 3.80. The molecule has 0 aliphatic carbocycles. The number of fused-ring (bicyclic) bond motifs is 1. The van der Waals surface area contributed by atoms with E-state index in [0.717, 1.165) is 41.1 Å². The molecule has 3 aromatic heterocycles. The van der Waals surface area contributed by atoms with Gasteiger partial charge in [-0.2, -0.15) is 0 Å². The Labute approximate surface area is 162 Å². The van der Waals surface area contributed by atoms with Gasteiger partial charge in [0.2, 0.25) is 5.91 Å². The first-order valence-electron chi connectivity index (χ1n) is 9.29. The average molecular weight is 385 g/mol. The van der Waals surface area contributed by atoms with Gasteiger partial charge in [0.1, 0.15) is 11.6 Å². The van der Waals surface area contributed by atoms with Crippen LogP contribution in [0.15, 0.2) is 23.8 Å². The SMILES string of the molecule is Cc1cc(N2CCN(C(=O)Cc3cn4ccsc4n3)CC2)nc(C(C)C)n1. The normalized spacial score (nSPS) is 15.1. The Morgan fingerprint density at radius 1 is 1.19 bits per heavy atom. The highest BCUT2D eigenvalue weighted by molar-refractivity contribution is 7.15. The monoisotopic (exact) mass is 384 g/mol. The Morgan fingerprint density at radius 2 is 1.96 bits per heavy atom. The summed E-state index contributed by atoms with van der Waals surface area (Å²) in [5.41, 5.74) is 1.82. The number of anilines is 1. The standard InChI is InChI=1S/C19H24N6OS/c1-13(2)18-20-14(3)10-16(22-18)23-4-6-24(7-5-23)17(26)11-15-12-25-8-9-27-19(25)21-15/h8-10,12-13H,4-7,11H2,1-3H3. The van der Waals surface area contributed by atoms with Gasteiger partial charge in [-0.15, -0.1) is 11.3 Å². The first-order chi connectivity index (χ1) is 13.0. The highest BCUT2D eigenvalue weighted by atomic mass is 32.1. The number of aryl methyl sites for hydroxylation is 1. The van der Waals surface area contributed by atoms with Crippen molar-refractivity contribution in [1.29, 1.82) is 0 Å². The molecule has 0 bridgehead atoms. The van der Waals surface area contributed by atoms with Crippen LogP contribution in [0.2, 0.25) is 0 Å². The Hall–Kier alpha value is -2.48. The molecule has 0 atom stereocenters. The fraction of sp³-hybridized carbons (Fsp3) is 0.474. The summed E-state index contributed by atoms with van der Waals surface area (Å²) >= 11 is 1.58. The molecule has 7 nitrogen and oxygen atoms in total. The summed E-state index contributed by atoms with van der Waals surface area (Å²) in [4.78, 5) is 31.5. The zero-order chi connectivity index (χ0) is 19.0. The number of hydrogen-bond donors (Lipinski definition) is 0. The van der Waals surface area contributed by atoms with Crippen LogP contribution in [0.4, 0.5) is 5.82 Å². The Morgan fingerprint density at radius 3 is 2.67 bits per heavy atom. The van der Waals surface area contributed by atoms with Crippen molar-refractivity contribution in [3.63, 3.8) is 0 Å². The molecule has 4 heterocycles. The van der Waals surface area contributed by atoms with Gasteiger partial charge in [-0.25, -0.2) is 15.0 Å². The quantitative estimate of drug-likeness (QED) is 0.691. The van der Waals surface area contributed by atoms with Crippen molar-refractivity contribution in [2.75, 3.05) is 31.1 Å². The molecule has 0 radical (unpaired) electrons. The van der Waals surface area contributed by atoms with E-state index >= 15 is 0 Å². The molecule has 0 N–H and O–H groups in total. The van der Waals surface area contributed by atoms with Crippen molar-refractivity contribution >= 4 is 28.0 Å². The lowest BCUT2D eigenvalue weighted by Gasteiger charge is -2.35. The minimum atomic E-state index is 0.141. The lowest BCUT2D eigenvalue weighted by atomic mass is 10.2. The van der Waals surface area contributed by atoms with Gasteiger partial charge < -0.3 is 9.80 Å². The molecule has 0 unspecified atom stereocenters. The minimum absolute atomic E-state index is 0.141. The van der Waals surface area contributed by atoms with Crippen molar-refractivity contribution < 1.29 is 4.79 Å². The van der Waals surface area contributed by atoms with Gasteiger partial charge in [0.15, 0.2) is 4.96 Å². The Kier molecular flexibility index (Phi) is 4.82. The summed E-state index contributed by atoms with van der Waals surface area (Å²) < 4.78 is 1.97. The minimum Gasteiger partial charge on any atom is -0.353 e. The highest BCUT2D eigenvalue weighted by Crippen LogP contribution is 2.19. The summed E-state index contributed by atoms with van der Waals surface area (Å²) in [6, 6.07) is 2.03. The first kappa shape index (κ1) is 17.9. The number of piperazine rings is 1. The number of aromatic nitrogens is 4. The summed E-state index contributed by atoms with van der Waals surface area (Å²) in [7, 11) is 0. The van der Waals surface area contributed by atoms with Crippen LogP contribution in [0, 0.1) is 6.92 Å². The Bertz CT molecular complexity index is 926. The largest absolute Gasteiger partial charge is 0.353 e. The molecule has 8 heteroatoms. The number of imidazole rings is 1. The van der Waals surface area contributed by atoms with E-state index in [2.05, 4.69) is 28.7 Å². The second-order valence-electron chi connectivity index (χ2n) is 7.25. The molecule has 1 aliphatic rings. The second-order valence-corrected chi connectivity index (χ2v) is 8.12. The van der Waals surface area contributed by atoms with Crippen molar-refractivity contribution in [3.8, 4) is 0 Å². The molecule has 0 aromatic carbocycles. The fourth-order valence-corrected chi connectivity index (χ4v) is 4.03. The predicted octanol–water partition coefficient (Wildman–Crippen LogP) is 2.51. The van der Waals surface area contributed by atoms with Crippen LogP contribution < -0.4 is 4.90 Å². The molecule has 142 valence electrons. The van der Waals surface area contributed by atoms with E-state index in [-0.39, 0.29) is 5.91 Å². The number of carbonyl (C=O) groups is 1. The molecular formula is C19H24N6OS. The third-order valence-corrected chi connectivity index (χ3v) is 5.58. The molecule has 4 rings (SSSR count). The molecule has 1 aliphatic heterocycles. The van der Waals surface area contributed by atoms with Crippen LogP contribution in [-0.2, 0) is 11.2 Å². The van der Waals surface area contributed by atoms with Crippen LogP contribution in [0.25, 0.3) is 4.96 Å². The van der Waals surface area contributed by atoms with E-state index in [4.69, 9.17) is 4.98 Å². The maximum Gasteiger partial charge on any atom is 0.228 e. The van der Waals surface area contributed by atoms with Gasteiger partial charge in [-0.1, -0.05) is 13.8 Å². The van der Waals surface area contributed by atoms with E-state index in [0.29, 0.717) is 25.4 Å². The molecular weight excluding hydrogens is 360 g/mol. The number of thiazole rings is 1. The lowest BCUT2D eigenvalue weighted by Crippen LogP contribution is -2.49. The molecule has 1 amide bonds. The van der Waals surface area contributed by atoms with Crippen LogP contribution in [0.1, 0.15) is 37.0 Å². The third-order valence-electron chi connectivity index (χ3n) is 4.81. The number of carbonyl (C=O) groups excluding carboxylic acids is 1. The zero-order valence-corrected chi connectivity index (χ0v) is 16.7. The van der Waals surface area contributed by atoms with Crippen molar-refractivity contribution in [1.82, 2.24) is 24.3 Å². The van der Waals surface area contributed by atoms with Crippen LogP contribution in [0.3, 0.4) is 0 Å². The molecule has 1 saturated heterocycles. The maximum atomic E-state index is 12.6. The molecule has 0 spiro atoms. The van der Waals surface area contributed by atoms with E-state index < -0.39 is 0 Å². The van der Waals surface area contributed by atoms with Gasteiger partial charge in [-0.05, 0) is 6.92 Å². The molecule has 1 fully saturated rings. The fourth-order valence-electron chi connectivity index (χ4n) is 3.31. The highest BCUT2D eigenvalue weighted by Gasteiger charge is 2.23. The van der Waals surface area contributed by atoms with Crippen LogP contribution in [-0.4, -0.2) is 56.3 Å². The van der Waals surface area contributed by atoms with Gasteiger partial charge in [0.25, 0.3) is 0 Å². The number of amides is 1. The average Bonchev–Trinajstić information content (AvgIpc) is 3.23. The van der Waals surface area contributed by atoms with Gasteiger partial charge >= 0.3 is 0 Å². The van der Waals surface area contributed by atoms with Gasteiger partial charge in [0, 0.05) is 61.6 Å². The number of nitrogens with zero attached hydrogens (tertiary/aromatic N) is 6. The van der Waals surface area contributed by atoms with Crippen LogP contribution >= 0.6 is 11.3 Å². The topological polar surface area (TPSA) is 66.6 Å². The zero-order valence-electron chi connectivity index (χ0n) is 15.9. The van der Waals surface area contributed by atoms with Crippen LogP contribution in [0.5, 0.6) is 0 Å². The summed E-state index contributed by atoms with van der Waals surface area (Å²) in [5.74, 6) is 2.29. The summed E-state index contributed by atoms with van der Waals surface area (Å²) in [6.45, 7) is 9.22. The summed E-state index contributed by atoms with van der Waals surface area (Å²) in [6.07, 6.45) is 4.27. The predicted molar refractivity (Wildman–Crippen MR) is 106 cm³/mol. The molecule has 0 saturated carbocycles. The molecule has 27 heavy (non-hydrogen) atoms. The van der Waals surface area contributed by atoms with Crippen molar-refractivity contribution in [2.45, 2.75) is 33.1 Å². The first-order valence-corrected chi connectivity index (χ1v) is 10.2. The van der Waals surface area contributed by atoms with Crippen molar-refractivity contribution in [3.05, 3.63) is 41.1 Å². The van der Waals surface area contributed by atoms with E-state index in [1.165, 1.54) is 0 Å². The number of hydrogen-bond acceptors (Lipinski definition) is 6. The van der Waals surface area contributed by atoms with E-state index in [1.54, 1.807) is 11.3 Å². The maximum absolute atomic E-state index is 12.6. The second kappa shape index (κ2) is 7.26. The van der Waals surface area contributed by atoms with E-state index in [9.17, 15) is 4.79 Å². The molecule has 3 aromatic rings.